The van der Waals surface area contributed by atoms with Crippen molar-refractivity contribution in [2.24, 2.45) is 0 Å². The summed E-state index contributed by atoms with van der Waals surface area (Å²) in [5, 5.41) is 23.5. The third-order valence-electron chi connectivity index (χ3n) is 3.51. The minimum absolute atomic E-state index is 0.186. The summed E-state index contributed by atoms with van der Waals surface area (Å²) in [4.78, 5) is 22.9. The molecule has 1 amide bonds. The number of nitriles is 1. The van der Waals surface area contributed by atoms with E-state index in [9.17, 15) is 29.0 Å². The number of halogens is 4. The Kier molecular flexibility index (Phi) is 7.52. The minimum atomic E-state index is -3.25. The number of nitro groups is 1. The van der Waals surface area contributed by atoms with Crippen molar-refractivity contribution >= 4 is 46.6 Å². The molecule has 30 heavy (non-hydrogen) atoms. The van der Waals surface area contributed by atoms with Crippen LogP contribution in [-0.2, 0) is 4.79 Å². The standard InChI is InChI=1S/C18H11Cl2F2N3O5/c1-29-15-3-9(14(25(27)28)7-16(15)30-18(21)22)2-10(8-23)17(26)24-13-5-11(19)4-12(20)6-13/h2-7,18H,1H3,(H,24,26)/b10-2+. The first-order chi connectivity index (χ1) is 14.1. The number of methoxy groups -OCH3 is 1. The maximum Gasteiger partial charge on any atom is 0.387 e. The summed E-state index contributed by atoms with van der Waals surface area (Å²) in [5.41, 5.74) is -1.25. The molecule has 2 aromatic rings. The predicted molar refractivity (Wildman–Crippen MR) is 105 cm³/mol. The Morgan fingerprint density at radius 2 is 1.87 bits per heavy atom. The zero-order chi connectivity index (χ0) is 22.4. The summed E-state index contributed by atoms with van der Waals surface area (Å²) in [5.74, 6) is -1.74. The molecule has 0 heterocycles. The van der Waals surface area contributed by atoms with Crippen LogP contribution in [0.15, 0.2) is 35.9 Å². The molecule has 0 saturated carbocycles. The number of anilines is 1. The third-order valence-corrected chi connectivity index (χ3v) is 3.95. The molecule has 0 unspecified atom stereocenters. The number of hydrogen-bond donors (Lipinski definition) is 1. The first kappa shape index (κ1) is 22.9. The molecule has 0 aliphatic carbocycles. The van der Waals surface area contributed by atoms with Gasteiger partial charge >= 0.3 is 6.61 Å². The lowest BCUT2D eigenvalue weighted by atomic mass is 10.1. The second-order valence-electron chi connectivity index (χ2n) is 5.48. The van der Waals surface area contributed by atoms with Crippen molar-refractivity contribution in [2.45, 2.75) is 6.61 Å². The van der Waals surface area contributed by atoms with Gasteiger partial charge in [-0.25, -0.2) is 0 Å². The Morgan fingerprint density at radius 3 is 2.37 bits per heavy atom. The van der Waals surface area contributed by atoms with E-state index in [2.05, 4.69) is 10.1 Å². The molecule has 0 bridgehead atoms. The summed E-state index contributed by atoms with van der Waals surface area (Å²) >= 11 is 11.7. The van der Waals surface area contributed by atoms with E-state index in [1.54, 1.807) is 6.07 Å². The second kappa shape index (κ2) is 9.87. The SMILES string of the molecule is COc1cc(/C=C(\C#N)C(=O)Nc2cc(Cl)cc(Cl)c2)c([N+](=O)[O-])cc1OC(F)F. The number of benzene rings is 2. The zero-order valence-electron chi connectivity index (χ0n) is 15.0. The number of carbonyl (C=O) groups is 1. The van der Waals surface area contributed by atoms with Gasteiger partial charge in [0.25, 0.3) is 11.6 Å². The summed E-state index contributed by atoms with van der Waals surface area (Å²) in [6.07, 6.45) is 0.911. The van der Waals surface area contributed by atoms with Crippen LogP contribution in [-0.4, -0.2) is 24.6 Å². The van der Waals surface area contributed by atoms with E-state index in [0.717, 1.165) is 19.3 Å². The molecule has 12 heteroatoms. The number of nitro benzene ring substituents is 1. The van der Waals surface area contributed by atoms with Crippen molar-refractivity contribution in [1.29, 1.82) is 5.26 Å². The number of nitrogens with zero attached hydrogens (tertiary/aromatic N) is 2. The molecule has 8 nitrogen and oxygen atoms in total. The van der Waals surface area contributed by atoms with Crippen molar-refractivity contribution in [3.8, 4) is 17.6 Å². The minimum Gasteiger partial charge on any atom is -0.493 e. The molecule has 1 N–H and O–H groups in total. The van der Waals surface area contributed by atoms with Crippen LogP contribution in [0.4, 0.5) is 20.2 Å². The van der Waals surface area contributed by atoms with Gasteiger partial charge in [-0.3, -0.25) is 14.9 Å². The van der Waals surface area contributed by atoms with Crippen molar-refractivity contribution < 1.29 is 28.0 Å². The summed E-state index contributed by atoms with van der Waals surface area (Å²) in [6, 6.07) is 7.51. The van der Waals surface area contributed by atoms with Crippen LogP contribution in [0.5, 0.6) is 11.5 Å². The lowest BCUT2D eigenvalue weighted by molar-refractivity contribution is -0.385. The molecule has 0 atom stereocenters. The maximum absolute atomic E-state index is 12.5. The number of ether oxygens (including phenoxy) is 2. The normalized spacial score (nSPS) is 11.0. The maximum atomic E-state index is 12.5. The van der Waals surface area contributed by atoms with Crippen LogP contribution < -0.4 is 14.8 Å². The first-order valence-electron chi connectivity index (χ1n) is 7.85. The Bertz CT molecular complexity index is 1050. The summed E-state index contributed by atoms with van der Waals surface area (Å²) < 4.78 is 34.2. The van der Waals surface area contributed by atoms with E-state index >= 15 is 0 Å². The molecule has 0 spiro atoms. The summed E-state index contributed by atoms with van der Waals surface area (Å²) in [7, 11) is 1.13. The van der Waals surface area contributed by atoms with Gasteiger partial charge in [0.05, 0.1) is 23.7 Å². The quantitative estimate of drug-likeness (QED) is 0.269. The highest BCUT2D eigenvalue weighted by Crippen LogP contribution is 2.36. The van der Waals surface area contributed by atoms with Crippen LogP contribution in [0.3, 0.4) is 0 Å². The number of nitrogens with one attached hydrogen (secondary N) is 1. The van der Waals surface area contributed by atoms with E-state index in [1.165, 1.54) is 18.2 Å². The predicted octanol–water partition coefficient (Wildman–Crippen LogP) is 5.06. The fourth-order valence-electron chi connectivity index (χ4n) is 2.31. The number of hydrogen-bond acceptors (Lipinski definition) is 6. The molecule has 0 fully saturated rings. The van der Waals surface area contributed by atoms with Gasteiger partial charge in [-0.1, -0.05) is 23.2 Å². The zero-order valence-corrected chi connectivity index (χ0v) is 16.5. The topological polar surface area (TPSA) is 114 Å². The van der Waals surface area contributed by atoms with Crippen LogP contribution in [0.25, 0.3) is 6.08 Å². The number of carbonyl (C=O) groups excluding carboxylic acids is 1. The van der Waals surface area contributed by atoms with Gasteiger partial charge in [0.2, 0.25) is 0 Å². The fraction of sp³-hybridized carbons (Fsp3) is 0.111. The monoisotopic (exact) mass is 457 g/mol. The number of amides is 1. The molecule has 156 valence electrons. The van der Waals surface area contributed by atoms with Crippen molar-refractivity contribution in [3.63, 3.8) is 0 Å². The van der Waals surface area contributed by atoms with Crippen molar-refractivity contribution in [1.82, 2.24) is 0 Å². The highest BCUT2D eigenvalue weighted by Gasteiger charge is 2.22. The number of rotatable bonds is 7. The highest BCUT2D eigenvalue weighted by molar-refractivity contribution is 6.35. The van der Waals surface area contributed by atoms with Gasteiger partial charge in [0.15, 0.2) is 11.5 Å². The Hall–Kier alpha value is -3.42. The molecular weight excluding hydrogens is 447 g/mol. The summed E-state index contributed by atoms with van der Waals surface area (Å²) in [6.45, 7) is -3.25. The van der Waals surface area contributed by atoms with Gasteiger partial charge in [0.1, 0.15) is 11.6 Å². The molecule has 2 aromatic carbocycles. The third kappa shape index (κ3) is 5.79. The molecule has 0 aliphatic rings. The average Bonchev–Trinajstić information content (AvgIpc) is 2.64. The van der Waals surface area contributed by atoms with Crippen molar-refractivity contribution in [2.75, 3.05) is 12.4 Å². The van der Waals surface area contributed by atoms with E-state index in [4.69, 9.17) is 27.9 Å². The Morgan fingerprint density at radius 1 is 1.23 bits per heavy atom. The molecule has 0 aliphatic heterocycles. The fourth-order valence-corrected chi connectivity index (χ4v) is 2.84. The lowest BCUT2D eigenvalue weighted by Crippen LogP contribution is -2.13. The van der Waals surface area contributed by atoms with Gasteiger partial charge in [0, 0.05) is 15.7 Å². The van der Waals surface area contributed by atoms with Crippen LogP contribution in [0.1, 0.15) is 5.56 Å². The van der Waals surface area contributed by atoms with Crippen LogP contribution >= 0.6 is 23.2 Å². The second-order valence-corrected chi connectivity index (χ2v) is 6.35. The van der Waals surface area contributed by atoms with Gasteiger partial charge in [-0.05, 0) is 30.3 Å². The van der Waals surface area contributed by atoms with Crippen molar-refractivity contribution in [3.05, 3.63) is 61.6 Å². The number of alkyl halides is 2. The molecule has 0 radical (unpaired) electrons. The Balaban J connectivity index is 2.47. The molecular formula is C18H11Cl2F2N3O5. The van der Waals surface area contributed by atoms with Gasteiger partial charge in [-0.2, -0.15) is 14.0 Å². The molecule has 0 saturated heterocycles. The first-order valence-corrected chi connectivity index (χ1v) is 8.60. The lowest BCUT2D eigenvalue weighted by Gasteiger charge is -2.11. The molecule has 0 aromatic heterocycles. The largest absolute Gasteiger partial charge is 0.493 e. The van der Waals surface area contributed by atoms with Gasteiger partial charge < -0.3 is 14.8 Å². The van der Waals surface area contributed by atoms with Crippen LogP contribution in [0.2, 0.25) is 10.0 Å². The van der Waals surface area contributed by atoms with E-state index in [-0.39, 0.29) is 27.0 Å². The van der Waals surface area contributed by atoms with Gasteiger partial charge in [-0.15, -0.1) is 0 Å². The highest BCUT2D eigenvalue weighted by atomic mass is 35.5. The van der Waals surface area contributed by atoms with E-state index in [0.29, 0.717) is 6.07 Å². The van der Waals surface area contributed by atoms with Crippen LogP contribution in [0, 0.1) is 21.4 Å². The Labute approximate surface area is 178 Å². The van der Waals surface area contributed by atoms with E-state index in [1.807, 2.05) is 0 Å². The average molecular weight is 458 g/mol. The molecule has 2 rings (SSSR count). The van der Waals surface area contributed by atoms with E-state index < -0.39 is 34.5 Å². The smallest absolute Gasteiger partial charge is 0.387 e.